The Morgan fingerprint density at radius 1 is 0.667 bits per heavy atom. The van der Waals surface area contributed by atoms with Crippen molar-refractivity contribution in [3.63, 3.8) is 0 Å². The standard InChI is InChI=1S/C19H14.C17H10NO.Ir/c1-15-14-18(16-8-4-2-5-9-16)12-13-19(15)17-10-6-3-7-11-17;1-2-10-16-12(6-1)13-7-5-8-14(17(13)19-16)15-9-3-4-11-18-15;/h2-8,10-11,13-14H,1H3;1-7,9-11H;/q-2;-1;+3. The van der Waals surface area contributed by atoms with E-state index in [0.29, 0.717) is 0 Å². The molecule has 7 aromatic rings. The summed E-state index contributed by atoms with van der Waals surface area (Å²) in [6, 6.07) is 50.4. The third-order valence-corrected chi connectivity index (χ3v) is 6.50. The van der Waals surface area contributed by atoms with E-state index < -0.39 is 0 Å². The molecule has 0 unspecified atom stereocenters. The van der Waals surface area contributed by atoms with Crippen LogP contribution in [0.25, 0.3) is 55.4 Å². The first-order valence-electron chi connectivity index (χ1n) is 12.6. The number of para-hydroxylation sites is 1. The predicted octanol–water partition coefficient (Wildman–Crippen LogP) is 9.38. The van der Waals surface area contributed by atoms with Crippen molar-refractivity contribution >= 4 is 21.9 Å². The second kappa shape index (κ2) is 12.0. The van der Waals surface area contributed by atoms with E-state index in [1.54, 1.807) is 6.20 Å². The molecule has 3 heteroatoms. The molecule has 39 heavy (non-hydrogen) atoms. The van der Waals surface area contributed by atoms with Gasteiger partial charge in [-0.1, -0.05) is 89.7 Å². The third-order valence-electron chi connectivity index (χ3n) is 6.50. The molecule has 5 aromatic carbocycles. The number of aryl methyl sites for hydroxylation is 1. The van der Waals surface area contributed by atoms with Gasteiger partial charge in [0.05, 0.1) is 5.58 Å². The van der Waals surface area contributed by atoms with Crippen LogP contribution in [0.2, 0.25) is 0 Å². The van der Waals surface area contributed by atoms with Crippen LogP contribution in [0.5, 0.6) is 0 Å². The van der Waals surface area contributed by atoms with Crippen LogP contribution in [0, 0.1) is 25.1 Å². The Hall–Kier alpha value is -4.30. The van der Waals surface area contributed by atoms with Gasteiger partial charge in [0.25, 0.3) is 0 Å². The molecule has 0 atom stereocenters. The van der Waals surface area contributed by atoms with Gasteiger partial charge in [-0.2, -0.15) is 36.4 Å². The van der Waals surface area contributed by atoms with Gasteiger partial charge < -0.3 is 9.40 Å². The van der Waals surface area contributed by atoms with Crippen molar-refractivity contribution in [2.75, 3.05) is 0 Å². The molecule has 0 saturated heterocycles. The van der Waals surface area contributed by atoms with Crippen LogP contribution in [0.3, 0.4) is 0 Å². The van der Waals surface area contributed by atoms with Gasteiger partial charge in [-0.25, -0.2) is 11.1 Å². The van der Waals surface area contributed by atoms with E-state index in [4.69, 9.17) is 4.42 Å². The molecular weight excluding hydrogens is 655 g/mol. The van der Waals surface area contributed by atoms with Crippen LogP contribution >= 0.6 is 0 Å². The van der Waals surface area contributed by atoms with E-state index in [1.807, 2.05) is 72.8 Å². The van der Waals surface area contributed by atoms with Gasteiger partial charge in [0.1, 0.15) is 5.58 Å². The van der Waals surface area contributed by atoms with Gasteiger partial charge in [-0.05, 0) is 17.8 Å². The summed E-state index contributed by atoms with van der Waals surface area (Å²) in [6.07, 6.45) is 1.78. The van der Waals surface area contributed by atoms with Crippen LogP contribution in [0.15, 0.2) is 132 Å². The van der Waals surface area contributed by atoms with E-state index in [-0.39, 0.29) is 20.1 Å². The molecule has 2 aromatic heterocycles. The van der Waals surface area contributed by atoms with Gasteiger partial charge in [0.2, 0.25) is 0 Å². The van der Waals surface area contributed by atoms with E-state index in [2.05, 4.69) is 78.6 Å². The minimum Gasteiger partial charge on any atom is -0.501 e. The van der Waals surface area contributed by atoms with E-state index in [1.165, 1.54) is 16.7 Å². The van der Waals surface area contributed by atoms with Gasteiger partial charge in [0.15, 0.2) is 0 Å². The molecule has 0 fully saturated rings. The molecule has 0 aliphatic carbocycles. The molecule has 0 radical (unpaired) electrons. The summed E-state index contributed by atoms with van der Waals surface area (Å²) in [6.45, 7) is 2.14. The maximum Gasteiger partial charge on any atom is 3.00 e. The van der Waals surface area contributed by atoms with Crippen molar-refractivity contribution in [2.24, 2.45) is 0 Å². The minimum atomic E-state index is 0. The van der Waals surface area contributed by atoms with Crippen LogP contribution < -0.4 is 0 Å². The largest absolute Gasteiger partial charge is 3.00 e. The summed E-state index contributed by atoms with van der Waals surface area (Å²) >= 11 is 0. The molecule has 0 amide bonds. The molecule has 0 bridgehead atoms. The molecule has 2 heterocycles. The monoisotopic (exact) mass is 679 g/mol. The maximum absolute atomic E-state index is 5.97. The quantitative estimate of drug-likeness (QED) is 0.174. The van der Waals surface area contributed by atoms with Crippen molar-refractivity contribution < 1.29 is 24.5 Å². The number of rotatable bonds is 3. The van der Waals surface area contributed by atoms with Crippen LogP contribution in [-0.4, -0.2) is 4.98 Å². The van der Waals surface area contributed by atoms with Crippen molar-refractivity contribution in [1.29, 1.82) is 0 Å². The summed E-state index contributed by atoms with van der Waals surface area (Å²) in [7, 11) is 0. The number of pyridine rings is 1. The molecule has 0 N–H and O–H groups in total. The average Bonchev–Trinajstić information content (AvgIpc) is 3.38. The Morgan fingerprint density at radius 2 is 1.46 bits per heavy atom. The van der Waals surface area contributed by atoms with Crippen molar-refractivity contribution in [1.82, 2.24) is 4.98 Å². The second-order valence-corrected chi connectivity index (χ2v) is 8.99. The van der Waals surface area contributed by atoms with Crippen molar-refractivity contribution in [2.45, 2.75) is 6.92 Å². The molecule has 188 valence electrons. The number of nitrogens with zero attached hydrogens (tertiary/aromatic N) is 1. The van der Waals surface area contributed by atoms with Gasteiger partial charge in [-0.15, -0.1) is 35.9 Å². The van der Waals surface area contributed by atoms with Crippen molar-refractivity contribution in [3.8, 4) is 33.5 Å². The Kier molecular flexibility index (Phi) is 8.13. The fraction of sp³-hybridized carbons (Fsp3) is 0.0278. The Morgan fingerprint density at radius 3 is 2.23 bits per heavy atom. The van der Waals surface area contributed by atoms with Crippen LogP contribution in [0.4, 0.5) is 0 Å². The molecule has 7 rings (SSSR count). The summed E-state index contributed by atoms with van der Waals surface area (Å²) in [5.74, 6) is 0. The summed E-state index contributed by atoms with van der Waals surface area (Å²) in [5.41, 5.74) is 9.46. The van der Waals surface area contributed by atoms with E-state index in [0.717, 1.165) is 44.3 Å². The summed E-state index contributed by atoms with van der Waals surface area (Å²) in [5, 5.41) is 2.23. The maximum atomic E-state index is 5.97. The smallest absolute Gasteiger partial charge is 0.501 e. The van der Waals surface area contributed by atoms with E-state index in [9.17, 15) is 0 Å². The Balaban J connectivity index is 0.000000154. The zero-order valence-electron chi connectivity index (χ0n) is 21.3. The zero-order chi connectivity index (χ0) is 25.7. The average molecular weight is 679 g/mol. The molecule has 0 saturated carbocycles. The van der Waals surface area contributed by atoms with Gasteiger partial charge >= 0.3 is 20.1 Å². The summed E-state index contributed by atoms with van der Waals surface area (Å²) in [4.78, 5) is 4.38. The molecule has 0 aliphatic rings. The molecular formula is C36H24IrNO. The van der Waals surface area contributed by atoms with Gasteiger partial charge in [-0.3, -0.25) is 0 Å². The first-order chi connectivity index (χ1) is 18.8. The number of aromatic nitrogens is 1. The summed E-state index contributed by atoms with van der Waals surface area (Å²) < 4.78 is 5.97. The number of fused-ring (bicyclic) bond motifs is 3. The Labute approximate surface area is 242 Å². The fourth-order valence-corrected chi connectivity index (χ4v) is 4.64. The van der Waals surface area contributed by atoms with E-state index >= 15 is 0 Å². The third kappa shape index (κ3) is 5.61. The SMILES string of the molecule is Cc1cc(-c2[c-]cccc2)[c-]cc1-c1ccccc1.[Ir+3].[c-]1ccc2c(oc3ccccc32)c1-c1ccccn1. The second-order valence-electron chi connectivity index (χ2n) is 8.99. The van der Waals surface area contributed by atoms with Crippen LogP contribution in [-0.2, 0) is 20.1 Å². The molecule has 2 nitrogen and oxygen atoms in total. The van der Waals surface area contributed by atoms with Crippen LogP contribution in [0.1, 0.15) is 5.56 Å². The number of hydrogen-bond donors (Lipinski definition) is 0. The number of benzene rings is 5. The van der Waals surface area contributed by atoms with Gasteiger partial charge in [0, 0.05) is 11.6 Å². The van der Waals surface area contributed by atoms with Crippen molar-refractivity contribution in [3.05, 3.63) is 151 Å². The minimum absolute atomic E-state index is 0. The first kappa shape index (κ1) is 26.3. The Bertz CT molecular complexity index is 1810. The molecule has 0 aliphatic heterocycles. The topological polar surface area (TPSA) is 26.0 Å². The number of hydrogen-bond acceptors (Lipinski definition) is 2. The zero-order valence-corrected chi connectivity index (χ0v) is 23.7. The normalized spacial score (nSPS) is 10.5. The fourth-order valence-electron chi connectivity index (χ4n) is 4.64. The predicted molar refractivity (Wildman–Crippen MR) is 156 cm³/mol. The number of furan rings is 1. The molecule has 0 spiro atoms. The first-order valence-corrected chi connectivity index (χ1v) is 12.6.